The zero-order valence-corrected chi connectivity index (χ0v) is 6.89. The van der Waals surface area contributed by atoms with Gasteiger partial charge in [0.25, 0.3) is 5.92 Å². The summed E-state index contributed by atoms with van der Waals surface area (Å²) in [5.74, 6) is -3.20. The Morgan fingerprint density at radius 2 is 2.25 bits per heavy atom. The number of nitrogens with two attached hydrogens (primary N) is 1. The molecule has 5 heteroatoms. The predicted molar refractivity (Wildman–Crippen MR) is 39.8 cm³/mol. The van der Waals surface area contributed by atoms with E-state index in [0.29, 0.717) is 0 Å². The number of nitrogens with zero attached hydrogens (tertiary/aromatic N) is 1. The van der Waals surface area contributed by atoms with Crippen molar-refractivity contribution < 1.29 is 13.6 Å². The number of likely N-dealkylation sites (tertiary alicyclic amines) is 1. The Morgan fingerprint density at radius 3 is 2.58 bits per heavy atom. The van der Waals surface area contributed by atoms with Gasteiger partial charge >= 0.3 is 0 Å². The number of halogens is 2. The summed E-state index contributed by atoms with van der Waals surface area (Å²) in [7, 11) is 0. The van der Waals surface area contributed by atoms with Crippen molar-refractivity contribution in [1.29, 1.82) is 0 Å². The molecule has 70 valence electrons. The van der Waals surface area contributed by atoms with Crippen LogP contribution >= 0.6 is 0 Å². The number of primary amides is 1. The van der Waals surface area contributed by atoms with E-state index in [1.54, 1.807) is 6.92 Å². The van der Waals surface area contributed by atoms with Crippen molar-refractivity contribution >= 4 is 5.91 Å². The minimum absolute atomic E-state index is 0.176. The van der Waals surface area contributed by atoms with Gasteiger partial charge in [-0.2, -0.15) is 0 Å². The van der Waals surface area contributed by atoms with E-state index in [2.05, 4.69) is 0 Å². The van der Waals surface area contributed by atoms with Crippen LogP contribution in [0.4, 0.5) is 8.78 Å². The molecule has 0 radical (unpaired) electrons. The van der Waals surface area contributed by atoms with Crippen molar-refractivity contribution in [3.63, 3.8) is 0 Å². The van der Waals surface area contributed by atoms with E-state index < -0.39 is 17.9 Å². The van der Waals surface area contributed by atoms with Gasteiger partial charge in [-0.3, -0.25) is 9.69 Å². The fourth-order valence-corrected chi connectivity index (χ4v) is 1.27. The van der Waals surface area contributed by atoms with Crippen LogP contribution < -0.4 is 5.73 Å². The van der Waals surface area contributed by atoms with Crippen molar-refractivity contribution in [2.45, 2.75) is 25.3 Å². The van der Waals surface area contributed by atoms with E-state index >= 15 is 0 Å². The number of alkyl halides is 2. The van der Waals surface area contributed by atoms with E-state index in [4.69, 9.17) is 5.73 Å². The molecule has 1 aliphatic heterocycles. The molecule has 0 bridgehead atoms. The summed E-state index contributed by atoms with van der Waals surface area (Å²) in [6.07, 6.45) is -0.176. The molecule has 1 atom stereocenters. The maximum absolute atomic E-state index is 12.6. The molecule has 1 saturated heterocycles. The molecule has 0 aromatic heterocycles. The Bertz CT molecular complexity index is 196. The summed E-state index contributed by atoms with van der Waals surface area (Å²) in [6, 6.07) is -0.585. The van der Waals surface area contributed by atoms with Crippen molar-refractivity contribution in [2.24, 2.45) is 5.73 Å². The highest BCUT2D eigenvalue weighted by Crippen LogP contribution is 2.27. The third-order valence-corrected chi connectivity index (χ3v) is 2.16. The fraction of sp³-hybridized carbons (Fsp3) is 0.857. The lowest BCUT2D eigenvalue weighted by atomic mass is 10.3. The molecule has 0 aromatic rings. The zero-order valence-electron chi connectivity index (χ0n) is 6.89. The van der Waals surface area contributed by atoms with E-state index in [1.165, 1.54) is 4.90 Å². The molecule has 3 nitrogen and oxygen atoms in total. The highest BCUT2D eigenvalue weighted by molar-refractivity contribution is 5.79. The predicted octanol–water partition coefficient (Wildman–Crippen LogP) is 0.201. The molecule has 1 rings (SSSR count). The van der Waals surface area contributed by atoms with Gasteiger partial charge < -0.3 is 5.73 Å². The van der Waals surface area contributed by atoms with Gasteiger partial charge in [0.05, 0.1) is 12.6 Å². The van der Waals surface area contributed by atoms with Crippen LogP contribution in [0.3, 0.4) is 0 Å². The van der Waals surface area contributed by atoms with Gasteiger partial charge in [0.2, 0.25) is 5.91 Å². The van der Waals surface area contributed by atoms with Crippen LogP contribution in [0.5, 0.6) is 0 Å². The number of rotatable bonds is 2. The highest BCUT2D eigenvalue weighted by Gasteiger charge is 2.40. The van der Waals surface area contributed by atoms with Crippen LogP contribution in [0.1, 0.15) is 13.3 Å². The SMILES string of the molecule is CC(C(N)=O)N1CCC(F)(F)C1. The Hall–Kier alpha value is -0.710. The van der Waals surface area contributed by atoms with Gasteiger partial charge in [0.1, 0.15) is 0 Å². The third kappa shape index (κ3) is 1.91. The number of carbonyl (C=O) groups excluding carboxylic acids is 1. The molecular weight excluding hydrogens is 166 g/mol. The smallest absolute Gasteiger partial charge is 0.261 e. The van der Waals surface area contributed by atoms with Crippen LogP contribution in [0.2, 0.25) is 0 Å². The lowest BCUT2D eigenvalue weighted by molar-refractivity contribution is -0.122. The molecule has 2 N–H and O–H groups in total. The Labute approximate surface area is 69.5 Å². The molecule has 1 aliphatic rings. The number of amides is 1. The summed E-state index contributed by atoms with van der Waals surface area (Å²) in [6.45, 7) is 1.44. The number of hydrogen-bond donors (Lipinski definition) is 1. The van der Waals surface area contributed by atoms with Gasteiger partial charge in [-0.05, 0) is 6.92 Å². The normalized spacial score (nSPS) is 25.6. The van der Waals surface area contributed by atoms with Gasteiger partial charge in [-0.1, -0.05) is 0 Å². The minimum Gasteiger partial charge on any atom is -0.368 e. The van der Waals surface area contributed by atoms with Gasteiger partial charge in [-0.15, -0.1) is 0 Å². The van der Waals surface area contributed by atoms with Crippen LogP contribution in [0.15, 0.2) is 0 Å². The summed E-state index contributed by atoms with van der Waals surface area (Å²) >= 11 is 0. The lowest BCUT2D eigenvalue weighted by Crippen LogP contribution is -2.42. The second kappa shape index (κ2) is 2.97. The first-order valence-corrected chi connectivity index (χ1v) is 3.83. The second-order valence-electron chi connectivity index (χ2n) is 3.15. The van der Waals surface area contributed by atoms with Crippen LogP contribution in [-0.2, 0) is 4.79 Å². The van der Waals surface area contributed by atoms with Crippen molar-refractivity contribution in [2.75, 3.05) is 13.1 Å². The summed E-state index contributed by atoms with van der Waals surface area (Å²) in [4.78, 5) is 12.0. The first-order chi connectivity index (χ1) is 5.42. The van der Waals surface area contributed by atoms with Gasteiger partial charge in [0, 0.05) is 13.0 Å². The molecule has 1 heterocycles. The number of hydrogen-bond acceptors (Lipinski definition) is 2. The van der Waals surface area contributed by atoms with Crippen LogP contribution in [-0.4, -0.2) is 35.9 Å². The highest BCUT2D eigenvalue weighted by atomic mass is 19.3. The number of carbonyl (C=O) groups is 1. The van der Waals surface area contributed by atoms with Gasteiger partial charge in [0.15, 0.2) is 0 Å². The summed E-state index contributed by atoms with van der Waals surface area (Å²) < 4.78 is 25.2. The molecule has 0 spiro atoms. The molecule has 0 aromatic carbocycles. The standard InChI is InChI=1S/C7H12F2N2O/c1-5(6(10)12)11-3-2-7(8,9)4-11/h5H,2-4H2,1H3,(H2,10,12). The zero-order chi connectivity index (χ0) is 9.35. The van der Waals surface area contributed by atoms with Crippen molar-refractivity contribution in [3.05, 3.63) is 0 Å². The maximum Gasteiger partial charge on any atom is 0.261 e. The molecule has 0 saturated carbocycles. The first-order valence-electron chi connectivity index (χ1n) is 3.83. The first kappa shape index (κ1) is 9.38. The lowest BCUT2D eigenvalue weighted by Gasteiger charge is -2.20. The van der Waals surface area contributed by atoms with Crippen LogP contribution in [0, 0.1) is 0 Å². The fourth-order valence-electron chi connectivity index (χ4n) is 1.27. The second-order valence-corrected chi connectivity index (χ2v) is 3.15. The van der Waals surface area contributed by atoms with Gasteiger partial charge in [-0.25, -0.2) is 8.78 Å². The maximum atomic E-state index is 12.6. The van der Waals surface area contributed by atoms with E-state index in [9.17, 15) is 13.6 Å². The van der Waals surface area contributed by atoms with Crippen molar-refractivity contribution in [1.82, 2.24) is 4.90 Å². The molecule has 1 amide bonds. The largest absolute Gasteiger partial charge is 0.368 e. The van der Waals surface area contributed by atoms with E-state index in [0.717, 1.165) is 0 Å². The minimum atomic E-state index is -2.65. The Morgan fingerprint density at radius 1 is 1.67 bits per heavy atom. The van der Waals surface area contributed by atoms with Crippen molar-refractivity contribution in [3.8, 4) is 0 Å². The Balaban J connectivity index is 2.52. The Kier molecular flexibility index (Phi) is 2.32. The third-order valence-electron chi connectivity index (χ3n) is 2.16. The molecule has 0 aliphatic carbocycles. The molecule has 1 unspecified atom stereocenters. The quantitative estimate of drug-likeness (QED) is 0.656. The van der Waals surface area contributed by atoms with E-state index in [-0.39, 0.29) is 19.5 Å². The van der Waals surface area contributed by atoms with E-state index in [1.807, 2.05) is 0 Å². The van der Waals surface area contributed by atoms with Crippen LogP contribution in [0.25, 0.3) is 0 Å². The summed E-state index contributed by atoms with van der Waals surface area (Å²) in [5, 5.41) is 0. The monoisotopic (exact) mass is 178 g/mol. The molecule has 1 fully saturated rings. The average Bonchev–Trinajstić information content (AvgIpc) is 2.28. The summed E-state index contributed by atoms with van der Waals surface area (Å²) in [5.41, 5.74) is 4.98. The molecule has 12 heavy (non-hydrogen) atoms. The average molecular weight is 178 g/mol. The molecular formula is C7H12F2N2O. The topological polar surface area (TPSA) is 46.3 Å².